The topological polar surface area (TPSA) is 76.0 Å². The average Bonchev–Trinajstić information content (AvgIpc) is 2.81. The number of hydrogen-bond donors (Lipinski definition) is 2. The molecule has 104 valence electrons. The van der Waals surface area contributed by atoms with Crippen LogP contribution in [0.2, 0.25) is 0 Å². The second-order valence-corrected chi connectivity index (χ2v) is 6.54. The van der Waals surface area contributed by atoms with Crippen LogP contribution in [0.25, 0.3) is 0 Å². The summed E-state index contributed by atoms with van der Waals surface area (Å²) in [5.41, 5.74) is 0. The summed E-state index contributed by atoms with van der Waals surface area (Å²) in [4.78, 5) is 0.225. The largest absolute Gasteiger partial charge is 0.318 e. The van der Waals surface area contributed by atoms with E-state index in [0.29, 0.717) is 13.1 Å². The minimum atomic E-state index is -3.41. The molecule has 0 spiro atoms. The average molecular weight is 292 g/mol. The summed E-state index contributed by atoms with van der Waals surface area (Å²) in [5, 5.41) is 7.00. The van der Waals surface area contributed by atoms with E-state index in [-0.39, 0.29) is 4.90 Å². The third-order valence-electron chi connectivity index (χ3n) is 2.33. The number of nitrogens with zero attached hydrogens (tertiary/aromatic N) is 2. The van der Waals surface area contributed by atoms with Crippen LogP contribution >= 0.6 is 11.8 Å². The Morgan fingerprint density at radius 1 is 1.44 bits per heavy atom. The lowest BCUT2D eigenvalue weighted by Gasteiger charge is -2.03. The van der Waals surface area contributed by atoms with Crippen LogP contribution in [-0.2, 0) is 16.6 Å². The second kappa shape index (κ2) is 7.78. The molecule has 0 unspecified atom stereocenters. The molecule has 8 heteroatoms. The van der Waals surface area contributed by atoms with Crippen molar-refractivity contribution in [3.05, 3.63) is 12.4 Å². The Hall–Kier alpha value is -0.570. The SMILES string of the molecule is CNCCn1cc(S(=O)(=O)NCCCSC)cn1. The van der Waals surface area contributed by atoms with Crippen molar-refractivity contribution in [3.63, 3.8) is 0 Å². The lowest BCUT2D eigenvalue weighted by Crippen LogP contribution is -2.24. The van der Waals surface area contributed by atoms with E-state index < -0.39 is 10.0 Å². The van der Waals surface area contributed by atoms with Crippen molar-refractivity contribution in [1.29, 1.82) is 0 Å². The zero-order valence-electron chi connectivity index (χ0n) is 10.7. The Morgan fingerprint density at radius 3 is 2.89 bits per heavy atom. The number of thioether (sulfide) groups is 1. The van der Waals surface area contributed by atoms with E-state index in [9.17, 15) is 8.42 Å². The molecule has 0 saturated heterocycles. The van der Waals surface area contributed by atoms with E-state index in [0.717, 1.165) is 18.7 Å². The highest BCUT2D eigenvalue weighted by atomic mass is 32.2. The lowest BCUT2D eigenvalue weighted by molar-refractivity contribution is 0.576. The summed E-state index contributed by atoms with van der Waals surface area (Å²) >= 11 is 1.70. The van der Waals surface area contributed by atoms with E-state index >= 15 is 0 Å². The van der Waals surface area contributed by atoms with Crippen molar-refractivity contribution in [2.45, 2.75) is 17.9 Å². The minimum absolute atomic E-state index is 0.225. The van der Waals surface area contributed by atoms with Crippen LogP contribution in [0.3, 0.4) is 0 Å². The molecule has 1 heterocycles. The Kier molecular flexibility index (Phi) is 6.69. The monoisotopic (exact) mass is 292 g/mol. The van der Waals surface area contributed by atoms with Crippen LogP contribution in [0.15, 0.2) is 17.3 Å². The molecule has 18 heavy (non-hydrogen) atoms. The van der Waals surface area contributed by atoms with Crippen LogP contribution in [0.1, 0.15) is 6.42 Å². The Bertz CT molecular complexity index is 444. The Morgan fingerprint density at radius 2 is 2.22 bits per heavy atom. The van der Waals surface area contributed by atoms with Crippen LogP contribution in [0.4, 0.5) is 0 Å². The van der Waals surface area contributed by atoms with Gasteiger partial charge in [0, 0.05) is 19.3 Å². The molecule has 1 aromatic rings. The molecule has 0 aliphatic rings. The van der Waals surface area contributed by atoms with Gasteiger partial charge in [0.25, 0.3) is 0 Å². The highest BCUT2D eigenvalue weighted by molar-refractivity contribution is 7.98. The minimum Gasteiger partial charge on any atom is -0.318 e. The summed E-state index contributed by atoms with van der Waals surface area (Å²) in [6, 6.07) is 0. The smallest absolute Gasteiger partial charge is 0.243 e. The summed E-state index contributed by atoms with van der Waals surface area (Å²) in [6.45, 7) is 1.87. The van der Waals surface area contributed by atoms with Gasteiger partial charge in [-0.15, -0.1) is 0 Å². The highest BCUT2D eigenvalue weighted by Gasteiger charge is 2.15. The van der Waals surface area contributed by atoms with Gasteiger partial charge in [-0.25, -0.2) is 13.1 Å². The third kappa shape index (κ3) is 4.97. The molecule has 2 N–H and O–H groups in total. The van der Waals surface area contributed by atoms with Crippen molar-refractivity contribution in [2.24, 2.45) is 0 Å². The lowest BCUT2D eigenvalue weighted by atomic mass is 10.5. The summed E-state index contributed by atoms with van der Waals surface area (Å²) in [7, 11) is -1.57. The first-order valence-electron chi connectivity index (χ1n) is 5.76. The van der Waals surface area contributed by atoms with Crippen LogP contribution < -0.4 is 10.0 Å². The molecule has 0 saturated carbocycles. The fourth-order valence-electron chi connectivity index (χ4n) is 1.34. The molecule has 0 bridgehead atoms. The molecular weight excluding hydrogens is 272 g/mol. The number of hydrogen-bond acceptors (Lipinski definition) is 5. The molecule has 0 fully saturated rings. The maximum atomic E-state index is 11.9. The van der Waals surface area contributed by atoms with Crippen molar-refractivity contribution in [2.75, 3.05) is 32.1 Å². The predicted molar refractivity (Wildman–Crippen MR) is 74.3 cm³/mol. The maximum absolute atomic E-state index is 11.9. The molecule has 0 amide bonds. The normalized spacial score (nSPS) is 11.9. The number of nitrogens with one attached hydrogen (secondary N) is 2. The summed E-state index contributed by atoms with van der Waals surface area (Å²) in [6.07, 6.45) is 5.76. The fourth-order valence-corrected chi connectivity index (χ4v) is 2.80. The molecule has 0 radical (unpaired) electrons. The predicted octanol–water partition coefficient (Wildman–Crippen LogP) is 0.134. The highest BCUT2D eigenvalue weighted by Crippen LogP contribution is 2.06. The van der Waals surface area contributed by atoms with E-state index in [1.54, 1.807) is 22.6 Å². The molecule has 0 aromatic carbocycles. The van der Waals surface area contributed by atoms with Gasteiger partial charge in [0.2, 0.25) is 10.0 Å². The van der Waals surface area contributed by atoms with Gasteiger partial charge in [-0.05, 0) is 25.5 Å². The molecule has 0 atom stereocenters. The number of likely N-dealkylation sites (N-methyl/N-ethyl adjacent to an activating group) is 1. The fraction of sp³-hybridized carbons (Fsp3) is 0.700. The Labute approximate surface area is 113 Å². The van der Waals surface area contributed by atoms with Gasteiger partial charge >= 0.3 is 0 Å². The van der Waals surface area contributed by atoms with Crippen LogP contribution in [0, 0.1) is 0 Å². The zero-order chi connectivity index (χ0) is 13.4. The van der Waals surface area contributed by atoms with Gasteiger partial charge in [-0.2, -0.15) is 16.9 Å². The number of aromatic nitrogens is 2. The molecule has 0 aliphatic carbocycles. The van der Waals surface area contributed by atoms with E-state index in [4.69, 9.17) is 0 Å². The molecule has 1 aromatic heterocycles. The van der Waals surface area contributed by atoms with E-state index in [1.165, 1.54) is 6.20 Å². The quantitative estimate of drug-likeness (QED) is 0.633. The number of rotatable bonds is 9. The first kappa shape index (κ1) is 15.5. The van der Waals surface area contributed by atoms with Gasteiger partial charge in [0.05, 0.1) is 12.7 Å². The van der Waals surface area contributed by atoms with E-state index in [2.05, 4.69) is 15.1 Å². The third-order valence-corrected chi connectivity index (χ3v) is 4.44. The van der Waals surface area contributed by atoms with Crippen LogP contribution in [0.5, 0.6) is 0 Å². The van der Waals surface area contributed by atoms with Crippen molar-refractivity contribution in [3.8, 4) is 0 Å². The van der Waals surface area contributed by atoms with E-state index in [1.807, 2.05) is 13.3 Å². The second-order valence-electron chi connectivity index (χ2n) is 3.79. The summed E-state index contributed by atoms with van der Waals surface area (Å²) in [5.74, 6) is 0.948. The first-order valence-corrected chi connectivity index (χ1v) is 8.63. The van der Waals surface area contributed by atoms with Crippen molar-refractivity contribution >= 4 is 21.8 Å². The molecule has 6 nitrogen and oxygen atoms in total. The molecular formula is C10H20N4O2S2. The van der Waals surface area contributed by atoms with Gasteiger partial charge in [0.15, 0.2) is 0 Å². The number of sulfonamides is 1. The molecule has 0 aliphatic heterocycles. The van der Waals surface area contributed by atoms with Gasteiger partial charge < -0.3 is 5.32 Å². The van der Waals surface area contributed by atoms with Gasteiger partial charge in [0.1, 0.15) is 4.90 Å². The van der Waals surface area contributed by atoms with Crippen molar-refractivity contribution in [1.82, 2.24) is 19.8 Å². The maximum Gasteiger partial charge on any atom is 0.243 e. The summed E-state index contributed by atoms with van der Waals surface area (Å²) < 4.78 is 28.0. The van der Waals surface area contributed by atoms with Crippen LogP contribution in [-0.4, -0.2) is 50.3 Å². The Balaban J connectivity index is 2.53. The zero-order valence-corrected chi connectivity index (χ0v) is 12.4. The van der Waals surface area contributed by atoms with Gasteiger partial charge in [-0.1, -0.05) is 0 Å². The standard InChI is InChI=1S/C10H20N4O2S2/c1-11-5-6-14-9-10(8-12-14)18(15,16)13-4-3-7-17-2/h8-9,11,13H,3-7H2,1-2H3. The van der Waals surface area contributed by atoms with Gasteiger partial charge in [-0.3, -0.25) is 4.68 Å². The first-order chi connectivity index (χ1) is 8.60. The molecule has 1 rings (SSSR count). The van der Waals surface area contributed by atoms with Crippen molar-refractivity contribution < 1.29 is 8.42 Å².